The molecule has 2 amide bonds. The highest BCUT2D eigenvalue weighted by Crippen LogP contribution is 2.40. The summed E-state index contributed by atoms with van der Waals surface area (Å²) in [5.41, 5.74) is 1.05. The maximum atomic E-state index is 12.8. The lowest BCUT2D eigenvalue weighted by atomic mass is 10.2. The zero-order valence-corrected chi connectivity index (χ0v) is 16.8. The predicted molar refractivity (Wildman–Crippen MR) is 109 cm³/mol. The van der Waals surface area contributed by atoms with Crippen molar-refractivity contribution in [2.75, 3.05) is 19.1 Å². The minimum Gasteiger partial charge on any atom is -0.504 e. The molecular weight excluding hydrogens is 469 g/mol. The number of hydrogen-bond donors (Lipinski definition) is 1. The minimum absolute atomic E-state index is 0.0346. The third-order valence-electron chi connectivity index (χ3n) is 3.69. The van der Waals surface area contributed by atoms with Gasteiger partial charge in [0.15, 0.2) is 11.5 Å². The number of methoxy groups -OCH3 is 2. The Morgan fingerprint density at radius 2 is 1.81 bits per heavy atom. The van der Waals surface area contributed by atoms with E-state index in [1.165, 1.54) is 14.2 Å². The Kier molecular flexibility index (Phi) is 5.42. The summed E-state index contributed by atoms with van der Waals surface area (Å²) in [6, 6.07) is 10.2. The van der Waals surface area contributed by atoms with Crippen molar-refractivity contribution in [3.63, 3.8) is 0 Å². The zero-order chi connectivity index (χ0) is 18.8. The number of imide groups is 1. The summed E-state index contributed by atoms with van der Waals surface area (Å²) in [7, 11) is 2.93. The highest BCUT2D eigenvalue weighted by Gasteiger charge is 2.37. The van der Waals surface area contributed by atoms with Gasteiger partial charge in [-0.2, -0.15) is 0 Å². The number of phenols is 1. The molecule has 3 rings (SSSR count). The number of nitrogens with zero attached hydrogens (tertiary/aromatic N) is 1. The fourth-order valence-electron chi connectivity index (χ4n) is 2.47. The molecule has 0 radical (unpaired) electrons. The van der Waals surface area contributed by atoms with E-state index in [0.29, 0.717) is 26.3 Å². The van der Waals surface area contributed by atoms with Gasteiger partial charge in [0.05, 0.1) is 28.4 Å². The molecule has 0 saturated carbocycles. The van der Waals surface area contributed by atoms with E-state index in [0.717, 1.165) is 16.7 Å². The van der Waals surface area contributed by atoms with Crippen molar-refractivity contribution in [2.45, 2.75) is 0 Å². The van der Waals surface area contributed by atoms with Crippen LogP contribution in [0.3, 0.4) is 0 Å². The second-order valence-electron chi connectivity index (χ2n) is 5.24. The van der Waals surface area contributed by atoms with Gasteiger partial charge in [0, 0.05) is 0 Å². The molecular formula is C18H14INO5S. The molecule has 1 fully saturated rings. The van der Waals surface area contributed by atoms with E-state index in [2.05, 4.69) is 0 Å². The van der Waals surface area contributed by atoms with Crippen LogP contribution in [-0.4, -0.2) is 30.5 Å². The summed E-state index contributed by atoms with van der Waals surface area (Å²) in [6.45, 7) is 0. The first kappa shape index (κ1) is 18.6. The molecule has 6 nitrogen and oxygen atoms in total. The normalized spacial score (nSPS) is 15.7. The molecule has 26 heavy (non-hydrogen) atoms. The number of carbonyl (C=O) groups excluding carboxylic acids is 2. The fourth-order valence-corrected chi connectivity index (χ4v) is 3.93. The van der Waals surface area contributed by atoms with Gasteiger partial charge >= 0.3 is 0 Å². The number of halogens is 1. The van der Waals surface area contributed by atoms with Crippen LogP contribution >= 0.6 is 34.4 Å². The number of thioether (sulfide) groups is 1. The van der Waals surface area contributed by atoms with Crippen molar-refractivity contribution in [2.24, 2.45) is 0 Å². The molecule has 8 heteroatoms. The van der Waals surface area contributed by atoms with Crippen LogP contribution in [0.4, 0.5) is 10.5 Å². The molecule has 1 saturated heterocycles. The molecule has 2 aromatic carbocycles. The molecule has 1 N–H and O–H groups in total. The van der Waals surface area contributed by atoms with Crippen LogP contribution in [0.5, 0.6) is 17.2 Å². The summed E-state index contributed by atoms with van der Waals surface area (Å²) in [5.74, 6) is 0.350. The van der Waals surface area contributed by atoms with Gasteiger partial charge in [-0.1, -0.05) is 12.1 Å². The van der Waals surface area contributed by atoms with E-state index in [9.17, 15) is 14.7 Å². The molecule has 0 aliphatic carbocycles. The quantitative estimate of drug-likeness (QED) is 0.518. The average Bonchev–Trinajstić information content (AvgIpc) is 2.91. The number of anilines is 1. The number of phenolic OH excluding ortho intramolecular Hbond substituents is 1. The molecule has 0 unspecified atom stereocenters. The van der Waals surface area contributed by atoms with Crippen molar-refractivity contribution in [1.29, 1.82) is 0 Å². The Bertz CT molecular complexity index is 928. The first-order valence-electron chi connectivity index (χ1n) is 7.43. The van der Waals surface area contributed by atoms with E-state index in [1.54, 1.807) is 42.5 Å². The first-order chi connectivity index (χ1) is 12.5. The lowest BCUT2D eigenvalue weighted by molar-refractivity contribution is -0.113. The Labute approximate surface area is 167 Å². The van der Waals surface area contributed by atoms with Crippen LogP contribution in [0, 0.1) is 3.57 Å². The lowest BCUT2D eigenvalue weighted by Gasteiger charge is -2.15. The van der Waals surface area contributed by atoms with Crippen LogP contribution in [0.1, 0.15) is 5.56 Å². The molecule has 1 aliphatic rings. The number of benzene rings is 2. The lowest BCUT2D eigenvalue weighted by Crippen LogP contribution is -2.28. The van der Waals surface area contributed by atoms with Gasteiger partial charge in [0.25, 0.3) is 11.1 Å². The maximum absolute atomic E-state index is 12.8. The first-order valence-corrected chi connectivity index (χ1v) is 9.33. The molecule has 2 aromatic rings. The van der Waals surface area contributed by atoms with E-state index in [1.807, 2.05) is 22.6 Å². The molecule has 0 spiro atoms. The third-order valence-corrected chi connectivity index (χ3v) is 5.38. The number of carbonyl (C=O) groups is 2. The second kappa shape index (κ2) is 7.58. The van der Waals surface area contributed by atoms with Gasteiger partial charge in [-0.05, 0) is 70.3 Å². The van der Waals surface area contributed by atoms with E-state index >= 15 is 0 Å². The minimum atomic E-state index is -0.424. The summed E-state index contributed by atoms with van der Waals surface area (Å²) in [6.07, 6.45) is 1.60. The molecule has 0 bridgehead atoms. The largest absolute Gasteiger partial charge is 0.504 e. The number of para-hydroxylation sites is 2. The molecule has 134 valence electrons. The zero-order valence-electron chi connectivity index (χ0n) is 13.9. The van der Waals surface area contributed by atoms with Gasteiger partial charge in [-0.15, -0.1) is 0 Å². The third kappa shape index (κ3) is 3.38. The topological polar surface area (TPSA) is 76.1 Å². The second-order valence-corrected chi connectivity index (χ2v) is 7.40. The van der Waals surface area contributed by atoms with E-state index < -0.39 is 11.1 Å². The summed E-state index contributed by atoms with van der Waals surface area (Å²) < 4.78 is 11.0. The van der Waals surface area contributed by atoms with Gasteiger partial charge < -0.3 is 14.6 Å². The molecule has 1 aliphatic heterocycles. The van der Waals surface area contributed by atoms with Crippen LogP contribution in [0.25, 0.3) is 6.08 Å². The van der Waals surface area contributed by atoms with Gasteiger partial charge in [-0.3, -0.25) is 9.59 Å². The van der Waals surface area contributed by atoms with Crippen molar-refractivity contribution >= 4 is 57.3 Å². The van der Waals surface area contributed by atoms with Crippen LogP contribution in [0.15, 0.2) is 41.3 Å². The number of hydrogen-bond acceptors (Lipinski definition) is 6. The smallest absolute Gasteiger partial charge is 0.298 e. The number of ether oxygens (including phenoxy) is 2. The van der Waals surface area contributed by atoms with Crippen molar-refractivity contribution in [3.8, 4) is 17.2 Å². The number of aromatic hydroxyl groups is 1. The Hall–Kier alpha value is -2.20. The van der Waals surface area contributed by atoms with Gasteiger partial charge in [-0.25, -0.2) is 4.90 Å². The van der Waals surface area contributed by atoms with Gasteiger partial charge in [0.2, 0.25) is 0 Å². The van der Waals surface area contributed by atoms with Crippen LogP contribution in [-0.2, 0) is 4.79 Å². The molecule has 1 heterocycles. The van der Waals surface area contributed by atoms with Crippen molar-refractivity contribution < 1.29 is 24.2 Å². The number of rotatable bonds is 4. The molecule has 0 aromatic heterocycles. The maximum Gasteiger partial charge on any atom is 0.298 e. The summed E-state index contributed by atoms with van der Waals surface area (Å²) in [5, 5.41) is 9.53. The fraction of sp³-hybridized carbons (Fsp3) is 0.111. The summed E-state index contributed by atoms with van der Waals surface area (Å²) in [4.78, 5) is 26.6. The van der Waals surface area contributed by atoms with Crippen molar-refractivity contribution in [3.05, 3.63) is 50.4 Å². The predicted octanol–water partition coefficient (Wildman–Crippen LogP) is 4.25. The highest BCUT2D eigenvalue weighted by atomic mass is 127. The Morgan fingerprint density at radius 1 is 1.12 bits per heavy atom. The van der Waals surface area contributed by atoms with Crippen LogP contribution in [0.2, 0.25) is 0 Å². The monoisotopic (exact) mass is 483 g/mol. The van der Waals surface area contributed by atoms with Crippen molar-refractivity contribution in [1.82, 2.24) is 0 Å². The highest BCUT2D eigenvalue weighted by molar-refractivity contribution is 14.1. The molecule has 0 atom stereocenters. The average molecular weight is 483 g/mol. The van der Waals surface area contributed by atoms with E-state index in [4.69, 9.17) is 9.47 Å². The van der Waals surface area contributed by atoms with E-state index in [-0.39, 0.29) is 10.7 Å². The SMILES string of the molecule is COc1ccccc1N1C(=O)S/C(=C\c2cc(I)c(O)c(OC)c2)C1=O. The Morgan fingerprint density at radius 3 is 2.50 bits per heavy atom. The van der Waals surface area contributed by atoms with Gasteiger partial charge in [0.1, 0.15) is 5.75 Å². The standard InChI is InChI=1S/C18H14INO5S/c1-24-13-6-4-3-5-12(13)20-17(22)15(26-18(20)23)9-10-7-11(19)16(21)14(8-10)25-2/h3-9,21H,1-2H3/b15-9-. The number of amides is 2. The van der Waals surface area contributed by atoms with Crippen LogP contribution < -0.4 is 14.4 Å². The summed E-state index contributed by atoms with van der Waals surface area (Å²) >= 11 is 2.82. The Balaban J connectivity index is 1.99.